The topological polar surface area (TPSA) is 63.2 Å². The van der Waals surface area contributed by atoms with Gasteiger partial charge in [0, 0.05) is 19.3 Å². The fourth-order valence-corrected chi connectivity index (χ4v) is 3.29. The highest BCUT2D eigenvalue weighted by atomic mass is 35.5. The van der Waals surface area contributed by atoms with E-state index in [0.29, 0.717) is 22.9 Å². The van der Waals surface area contributed by atoms with Crippen LogP contribution in [0, 0.1) is 13.8 Å². The van der Waals surface area contributed by atoms with Gasteiger partial charge in [-0.3, -0.25) is 4.79 Å². The number of rotatable bonds is 5. The maximum atomic E-state index is 12.2. The van der Waals surface area contributed by atoms with Crippen molar-refractivity contribution in [1.82, 2.24) is 10.3 Å². The predicted molar refractivity (Wildman–Crippen MR) is 99.8 cm³/mol. The Balaban J connectivity index is 1.63. The first-order valence-corrected chi connectivity index (χ1v) is 8.80. The van der Waals surface area contributed by atoms with Crippen molar-refractivity contribution in [3.8, 4) is 0 Å². The molecule has 1 aromatic carbocycles. The van der Waals surface area contributed by atoms with Gasteiger partial charge < -0.3 is 15.4 Å². The van der Waals surface area contributed by atoms with Crippen LogP contribution in [0.5, 0.6) is 0 Å². The number of nitrogens with zero attached hydrogens (tertiary/aromatic N) is 1. The highest BCUT2D eigenvalue weighted by Gasteiger charge is 2.16. The lowest BCUT2D eigenvalue weighted by Gasteiger charge is -2.13. The zero-order chi connectivity index (χ0) is 17.8. The van der Waals surface area contributed by atoms with E-state index in [4.69, 9.17) is 16.3 Å². The number of carbonyl (C=O) groups is 1. The number of amides is 1. The molecule has 1 aliphatic rings. The molecule has 1 aliphatic heterocycles. The summed E-state index contributed by atoms with van der Waals surface area (Å²) in [6.45, 7) is 5.32. The lowest BCUT2D eigenvalue weighted by atomic mass is 10.1. The van der Waals surface area contributed by atoms with Crippen LogP contribution in [0.2, 0.25) is 5.02 Å². The van der Waals surface area contributed by atoms with Crippen molar-refractivity contribution in [3.05, 3.63) is 52.2 Å². The molecule has 1 saturated heterocycles. The molecule has 1 aromatic heterocycles. The molecule has 0 aliphatic carbocycles. The van der Waals surface area contributed by atoms with Gasteiger partial charge in [0.05, 0.1) is 22.4 Å². The van der Waals surface area contributed by atoms with Crippen LogP contribution in [-0.2, 0) is 4.74 Å². The zero-order valence-corrected chi connectivity index (χ0v) is 15.2. The summed E-state index contributed by atoms with van der Waals surface area (Å²) < 4.78 is 5.50. The summed E-state index contributed by atoms with van der Waals surface area (Å²) in [5.41, 5.74) is 3.51. The third kappa shape index (κ3) is 4.50. The maximum Gasteiger partial charge on any atom is 0.252 e. The first-order valence-electron chi connectivity index (χ1n) is 8.42. The molecule has 1 fully saturated rings. The number of aryl methyl sites for hydroxylation is 2. The van der Waals surface area contributed by atoms with E-state index in [9.17, 15) is 4.79 Å². The Hall–Kier alpha value is -2.11. The molecule has 0 spiro atoms. The van der Waals surface area contributed by atoms with Crippen molar-refractivity contribution in [1.29, 1.82) is 0 Å². The number of carbonyl (C=O) groups excluding carboxylic acids is 1. The molecule has 0 radical (unpaired) electrons. The van der Waals surface area contributed by atoms with Crippen LogP contribution in [0.1, 0.15) is 34.3 Å². The van der Waals surface area contributed by atoms with Crippen LogP contribution in [0.25, 0.3) is 0 Å². The van der Waals surface area contributed by atoms with Gasteiger partial charge in [0.15, 0.2) is 0 Å². The minimum absolute atomic E-state index is 0.129. The Kier molecular flexibility index (Phi) is 5.56. The minimum atomic E-state index is -0.140. The molecular formula is C19H22ClN3O2. The number of ether oxygens (including phenoxy) is 1. The Morgan fingerprint density at radius 3 is 2.84 bits per heavy atom. The van der Waals surface area contributed by atoms with E-state index in [0.717, 1.165) is 36.3 Å². The van der Waals surface area contributed by atoms with Crippen molar-refractivity contribution in [2.75, 3.05) is 18.5 Å². The first kappa shape index (κ1) is 17.7. The number of pyridine rings is 1. The van der Waals surface area contributed by atoms with Gasteiger partial charge in [-0.25, -0.2) is 4.98 Å². The first-order chi connectivity index (χ1) is 12.0. The van der Waals surface area contributed by atoms with E-state index < -0.39 is 0 Å². The lowest BCUT2D eigenvalue weighted by Crippen LogP contribution is -2.31. The highest BCUT2D eigenvalue weighted by Crippen LogP contribution is 2.29. The highest BCUT2D eigenvalue weighted by molar-refractivity contribution is 6.33. The van der Waals surface area contributed by atoms with Crippen LogP contribution in [0.3, 0.4) is 0 Å². The van der Waals surface area contributed by atoms with Crippen molar-refractivity contribution in [2.24, 2.45) is 0 Å². The summed E-state index contributed by atoms with van der Waals surface area (Å²) in [6, 6.07) is 7.49. The fourth-order valence-electron chi connectivity index (χ4n) is 2.92. The summed E-state index contributed by atoms with van der Waals surface area (Å²) in [4.78, 5) is 16.5. The lowest BCUT2D eigenvalue weighted by molar-refractivity contribution is 0.0857. The quantitative estimate of drug-likeness (QED) is 0.846. The Morgan fingerprint density at radius 2 is 2.20 bits per heavy atom. The van der Waals surface area contributed by atoms with Gasteiger partial charge in [-0.15, -0.1) is 0 Å². The molecule has 0 bridgehead atoms. The molecule has 0 saturated carbocycles. The van der Waals surface area contributed by atoms with E-state index in [2.05, 4.69) is 21.7 Å². The number of aromatic nitrogens is 1. The van der Waals surface area contributed by atoms with E-state index in [1.54, 1.807) is 18.3 Å². The molecule has 2 N–H and O–H groups in total. The Labute approximate surface area is 152 Å². The molecule has 1 unspecified atom stereocenters. The summed E-state index contributed by atoms with van der Waals surface area (Å²) in [5.74, 6) is 0.503. The largest absolute Gasteiger partial charge is 0.376 e. The number of benzene rings is 1. The predicted octanol–water partition coefficient (Wildman–Crippen LogP) is 4.00. The van der Waals surface area contributed by atoms with E-state index in [1.807, 2.05) is 19.9 Å². The summed E-state index contributed by atoms with van der Waals surface area (Å²) in [5, 5.41) is 6.76. The number of hydrogen-bond acceptors (Lipinski definition) is 4. The van der Waals surface area contributed by atoms with E-state index in [1.165, 1.54) is 0 Å². The van der Waals surface area contributed by atoms with Gasteiger partial charge in [-0.2, -0.15) is 0 Å². The molecule has 132 valence electrons. The number of halogens is 1. The monoisotopic (exact) mass is 359 g/mol. The molecule has 1 amide bonds. The number of nitrogens with one attached hydrogen (secondary N) is 2. The van der Waals surface area contributed by atoms with Crippen molar-refractivity contribution in [2.45, 2.75) is 32.8 Å². The van der Waals surface area contributed by atoms with Crippen molar-refractivity contribution in [3.63, 3.8) is 0 Å². The molecule has 2 heterocycles. The second kappa shape index (κ2) is 7.85. The SMILES string of the molecule is Cc1cc(C)c(Nc2ccc(C(=O)NCC3CCCO3)cn2)c(Cl)c1. The van der Waals surface area contributed by atoms with Gasteiger partial charge in [0.1, 0.15) is 5.82 Å². The normalized spacial score (nSPS) is 16.7. The van der Waals surface area contributed by atoms with Crippen LogP contribution in [0.15, 0.2) is 30.5 Å². The van der Waals surface area contributed by atoms with Gasteiger partial charge >= 0.3 is 0 Å². The summed E-state index contributed by atoms with van der Waals surface area (Å²) in [6.07, 6.45) is 3.75. The van der Waals surface area contributed by atoms with Crippen LogP contribution in [0.4, 0.5) is 11.5 Å². The van der Waals surface area contributed by atoms with Gasteiger partial charge in [-0.05, 0) is 56.0 Å². The van der Waals surface area contributed by atoms with Gasteiger partial charge in [-0.1, -0.05) is 17.7 Å². The van der Waals surface area contributed by atoms with Crippen LogP contribution < -0.4 is 10.6 Å². The second-order valence-corrected chi connectivity index (χ2v) is 6.75. The summed E-state index contributed by atoms with van der Waals surface area (Å²) in [7, 11) is 0. The molecule has 3 rings (SSSR count). The standard InChI is InChI=1S/C19H22ClN3O2/c1-12-8-13(2)18(16(20)9-12)23-17-6-5-14(10-21-17)19(24)22-11-15-4-3-7-25-15/h5-6,8-10,15H,3-4,7,11H2,1-2H3,(H,21,23)(H,22,24). The fraction of sp³-hybridized carbons (Fsp3) is 0.368. The molecule has 6 heteroatoms. The van der Waals surface area contributed by atoms with Gasteiger partial charge in [0.2, 0.25) is 0 Å². The van der Waals surface area contributed by atoms with Crippen LogP contribution >= 0.6 is 11.6 Å². The number of hydrogen-bond donors (Lipinski definition) is 2. The third-order valence-electron chi connectivity index (χ3n) is 4.22. The average Bonchev–Trinajstić information content (AvgIpc) is 3.10. The van der Waals surface area contributed by atoms with E-state index >= 15 is 0 Å². The van der Waals surface area contributed by atoms with Crippen molar-refractivity contribution >= 4 is 29.0 Å². The third-order valence-corrected chi connectivity index (χ3v) is 4.52. The average molecular weight is 360 g/mol. The minimum Gasteiger partial charge on any atom is -0.376 e. The zero-order valence-electron chi connectivity index (χ0n) is 14.4. The van der Waals surface area contributed by atoms with Crippen molar-refractivity contribution < 1.29 is 9.53 Å². The Bertz CT molecular complexity index is 733. The Morgan fingerprint density at radius 1 is 1.36 bits per heavy atom. The molecule has 2 aromatic rings. The van der Waals surface area contributed by atoms with Gasteiger partial charge in [0.25, 0.3) is 5.91 Å². The smallest absolute Gasteiger partial charge is 0.252 e. The molecular weight excluding hydrogens is 338 g/mol. The second-order valence-electron chi connectivity index (χ2n) is 6.34. The van der Waals surface area contributed by atoms with Crippen LogP contribution in [-0.4, -0.2) is 30.1 Å². The summed E-state index contributed by atoms with van der Waals surface area (Å²) >= 11 is 6.30. The maximum absolute atomic E-state index is 12.2. The van der Waals surface area contributed by atoms with E-state index in [-0.39, 0.29) is 12.0 Å². The molecule has 5 nitrogen and oxygen atoms in total. The molecule has 1 atom stereocenters. The molecule has 25 heavy (non-hydrogen) atoms. The number of anilines is 2.